The minimum Gasteiger partial charge on any atom is -0.325 e. The van der Waals surface area contributed by atoms with Gasteiger partial charge in [-0.05, 0) is 56.6 Å². The van der Waals surface area contributed by atoms with Crippen molar-refractivity contribution >= 4 is 23.2 Å². The first-order chi connectivity index (χ1) is 15.5. The summed E-state index contributed by atoms with van der Waals surface area (Å²) in [6.45, 7) is 3.30. The van der Waals surface area contributed by atoms with E-state index in [0.717, 1.165) is 19.4 Å². The number of carbonyl (C=O) groups is 2. The highest BCUT2D eigenvalue weighted by Gasteiger charge is 2.21. The lowest BCUT2D eigenvalue weighted by Crippen LogP contribution is -2.42. The van der Waals surface area contributed by atoms with Crippen LogP contribution in [-0.2, 0) is 4.79 Å². The van der Waals surface area contributed by atoms with E-state index in [4.69, 9.17) is 0 Å². The van der Waals surface area contributed by atoms with Crippen LogP contribution in [0.3, 0.4) is 0 Å². The standard InChI is InChI=1S/C23H25FN6O2/c1-16-5-2-3-10-29(16)15-22(31)27-18-7-8-20(24)21(11-18)28-23(32)17-12-26-30(14-17)19-6-4-9-25-13-19/h4,6-9,11-14,16H,2-3,5,10,15H2,1H3,(H,27,31)(H,28,32). The lowest BCUT2D eigenvalue weighted by Gasteiger charge is -2.32. The maximum Gasteiger partial charge on any atom is 0.258 e. The molecule has 1 aliphatic rings. The minimum absolute atomic E-state index is 0.0201. The van der Waals surface area contributed by atoms with E-state index in [1.807, 2.05) is 0 Å². The third kappa shape index (κ3) is 5.17. The van der Waals surface area contributed by atoms with Crippen LogP contribution in [0, 0.1) is 5.82 Å². The van der Waals surface area contributed by atoms with E-state index in [1.165, 1.54) is 41.7 Å². The van der Waals surface area contributed by atoms with Gasteiger partial charge in [0, 0.05) is 24.1 Å². The highest BCUT2D eigenvalue weighted by Crippen LogP contribution is 2.21. The summed E-state index contributed by atoms with van der Waals surface area (Å²) in [4.78, 5) is 31.2. The Bertz CT molecular complexity index is 1100. The van der Waals surface area contributed by atoms with Gasteiger partial charge in [0.2, 0.25) is 5.91 Å². The van der Waals surface area contributed by atoms with Crippen molar-refractivity contribution in [2.24, 2.45) is 0 Å². The molecule has 3 heterocycles. The van der Waals surface area contributed by atoms with E-state index >= 15 is 0 Å². The molecule has 9 heteroatoms. The highest BCUT2D eigenvalue weighted by molar-refractivity contribution is 6.04. The fourth-order valence-electron chi connectivity index (χ4n) is 3.74. The van der Waals surface area contributed by atoms with Gasteiger partial charge in [-0.1, -0.05) is 6.42 Å². The summed E-state index contributed by atoms with van der Waals surface area (Å²) < 4.78 is 15.8. The van der Waals surface area contributed by atoms with Gasteiger partial charge in [0.1, 0.15) is 5.82 Å². The summed E-state index contributed by atoms with van der Waals surface area (Å²) in [6, 6.07) is 8.04. The Balaban J connectivity index is 1.41. The summed E-state index contributed by atoms with van der Waals surface area (Å²) in [5.41, 5.74) is 1.36. The lowest BCUT2D eigenvalue weighted by molar-refractivity contribution is -0.118. The predicted molar refractivity (Wildman–Crippen MR) is 119 cm³/mol. The van der Waals surface area contributed by atoms with Crippen LogP contribution in [0.25, 0.3) is 5.69 Å². The Morgan fingerprint density at radius 2 is 2.06 bits per heavy atom. The average molecular weight is 436 g/mol. The zero-order valence-electron chi connectivity index (χ0n) is 17.8. The van der Waals surface area contributed by atoms with E-state index in [2.05, 4.69) is 32.5 Å². The summed E-state index contributed by atoms with van der Waals surface area (Å²) in [7, 11) is 0. The molecule has 1 unspecified atom stereocenters. The smallest absolute Gasteiger partial charge is 0.258 e. The van der Waals surface area contributed by atoms with Gasteiger partial charge in [-0.2, -0.15) is 5.10 Å². The molecule has 1 saturated heterocycles. The van der Waals surface area contributed by atoms with Gasteiger partial charge in [-0.25, -0.2) is 9.07 Å². The van der Waals surface area contributed by atoms with Crippen molar-refractivity contribution in [1.29, 1.82) is 0 Å². The molecule has 3 aromatic rings. The van der Waals surface area contributed by atoms with Crippen molar-refractivity contribution in [3.05, 3.63) is 66.5 Å². The van der Waals surface area contributed by atoms with Gasteiger partial charge in [0.15, 0.2) is 0 Å². The molecule has 32 heavy (non-hydrogen) atoms. The van der Waals surface area contributed by atoms with Gasteiger partial charge in [0.25, 0.3) is 5.91 Å². The lowest BCUT2D eigenvalue weighted by atomic mass is 10.0. The van der Waals surface area contributed by atoms with Gasteiger partial charge < -0.3 is 10.6 Å². The molecule has 8 nitrogen and oxygen atoms in total. The molecule has 2 aromatic heterocycles. The normalized spacial score (nSPS) is 16.5. The van der Waals surface area contributed by atoms with Crippen molar-refractivity contribution < 1.29 is 14.0 Å². The Kier molecular flexibility index (Phi) is 6.55. The highest BCUT2D eigenvalue weighted by atomic mass is 19.1. The number of rotatable bonds is 6. The maximum absolute atomic E-state index is 14.3. The van der Waals surface area contributed by atoms with Crippen LogP contribution in [0.4, 0.5) is 15.8 Å². The molecule has 0 radical (unpaired) electrons. The Morgan fingerprint density at radius 1 is 1.19 bits per heavy atom. The number of hydrogen-bond donors (Lipinski definition) is 2. The molecule has 1 aliphatic heterocycles. The molecule has 0 saturated carbocycles. The van der Waals surface area contributed by atoms with E-state index < -0.39 is 11.7 Å². The number of nitrogens with zero attached hydrogens (tertiary/aromatic N) is 4. The first-order valence-corrected chi connectivity index (χ1v) is 10.6. The van der Waals surface area contributed by atoms with Crippen molar-refractivity contribution in [2.45, 2.75) is 32.2 Å². The number of carbonyl (C=O) groups excluding carboxylic acids is 2. The first kappa shape index (κ1) is 21.6. The molecule has 1 aromatic carbocycles. The molecular formula is C23H25FN6O2. The van der Waals surface area contributed by atoms with E-state index in [-0.39, 0.29) is 23.7 Å². The van der Waals surface area contributed by atoms with E-state index in [0.29, 0.717) is 17.4 Å². The Morgan fingerprint density at radius 3 is 2.84 bits per heavy atom. The van der Waals surface area contributed by atoms with Crippen molar-refractivity contribution in [2.75, 3.05) is 23.7 Å². The fraction of sp³-hybridized carbons (Fsp3) is 0.304. The number of hydrogen-bond acceptors (Lipinski definition) is 5. The summed E-state index contributed by atoms with van der Waals surface area (Å²) in [5.74, 6) is -1.27. The SMILES string of the molecule is CC1CCCCN1CC(=O)Nc1ccc(F)c(NC(=O)c2cnn(-c3cccnc3)c2)c1. The zero-order valence-corrected chi connectivity index (χ0v) is 17.8. The minimum atomic E-state index is -0.597. The van der Waals surface area contributed by atoms with Gasteiger partial charge >= 0.3 is 0 Å². The number of piperidine rings is 1. The summed E-state index contributed by atoms with van der Waals surface area (Å²) in [6.07, 6.45) is 9.54. The van der Waals surface area contributed by atoms with E-state index in [1.54, 1.807) is 24.5 Å². The number of anilines is 2. The number of nitrogens with one attached hydrogen (secondary N) is 2. The van der Waals surface area contributed by atoms with E-state index in [9.17, 15) is 14.0 Å². The predicted octanol–water partition coefficient (Wildman–Crippen LogP) is 3.47. The number of benzene rings is 1. The number of aromatic nitrogens is 3. The maximum atomic E-state index is 14.3. The number of halogens is 1. The molecule has 0 spiro atoms. The topological polar surface area (TPSA) is 92.2 Å². The first-order valence-electron chi connectivity index (χ1n) is 10.6. The number of pyridine rings is 1. The second-order valence-electron chi connectivity index (χ2n) is 7.90. The molecule has 2 amide bonds. The van der Waals surface area contributed by atoms with Crippen LogP contribution < -0.4 is 10.6 Å². The van der Waals surface area contributed by atoms with Gasteiger partial charge in [-0.3, -0.25) is 19.5 Å². The summed E-state index contributed by atoms with van der Waals surface area (Å²) >= 11 is 0. The molecular weight excluding hydrogens is 411 g/mol. The van der Waals surface area contributed by atoms with Crippen LogP contribution >= 0.6 is 0 Å². The quantitative estimate of drug-likeness (QED) is 0.617. The van der Waals surface area contributed by atoms with Crippen LogP contribution in [-0.4, -0.2) is 50.6 Å². The van der Waals surface area contributed by atoms with Crippen LogP contribution in [0.2, 0.25) is 0 Å². The number of amides is 2. The molecule has 4 rings (SSSR count). The van der Waals surface area contributed by atoms with Crippen molar-refractivity contribution in [3.63, 3.8) is 0 Å². The van der Waals surface area contributed by atoms with Crippen LogP contribution in [0.5, 0.6) is 0 Å². The molecule has 2 N–H and O–H groups in total. The number of likely N-dealkylation sites (tertiary alicyclic amines) is 1. The Hall–Kier alpha value is -3.59. The fourth-order valence-corrected chi connectivity index (χ4v) is 3.74. The Labute approximate surface area is 185 Å². The van der Waals surface area contributed by atoms with Gasteiger partial charge in [-0.15, -0.1) is 0 Å². The van der Waals surface area contributed by atoms with Crippen LogP contribution in [0.1, 0.15) is 36.5 Å². The second kappa shape index (κ2) is 9.69. The third-order valence-electron chi connectivity index (χ3n) is 5.54. The molecule has 1 fully saturated rings. The molecule has 1 atom stereocenters. The van der Waals surface area contributed by atoms with Crippen molar-refractivity contribution in [1.82, 2.24) is 19.7 Å². The van der Waals surface area contributed by atoms with Crippen molar-refractivity contribution in [3.8, 4) is 5.69 Å². The average Bonchev–Trinajstić information content (AvgIpc) is 3.29. The monoisotopic (exact) mass is 436 g/mol. The molecule has 0 bridgehead atoms. The second-order valence-corrected chi connectivity index (χ2v) is 7.90. The summed E-state index contributed by atoms with van der Waals surface area (Å²) in [5, 5.41) is 9.49. The van der Waals surface area contributed by atoms with Crippen LogP contribution in [0.15, 0.2) is 55.1 Å². The third-order valence-corrected chi connectivity index (χ3v) is 5.54. The van der Waals surface area contributed by atoms with Gasteiger partial charge in [0.05, 0.1) is 35.9 Å². The largest absolute Gasteiger partial charge is 0.325 e. The molecule has 166 valence electrons. The zero-order chi connectivity index (χ0) is 22.5. The molecule has 0 aliphatic carbocycles.